The molecule has 2 aromatic carbocycles. The highest BCUT2D eigenvalue weighted by atomic mass is 16.5. The summed E-state index contributed by atoms with van der Waals surface area (Å²) in [5, 5.41) is 13.5. The minimum absolute atomic E-state index is 0.144. The van der Waals surface area contributed by atoms with Gasteiger partial charge in [-0.1, -0.05) is 24.3 Å². The number of phenolic OH excluding ortho intramolecular Hbond substituents is 1. The lowest BCUT2D eigenvalue weighted by molar-refractivity contribution is 0.369. The second kappa shape index (κ2) is 6.99. The molecule has 2 aromatic rings. The molecular formula is C17H21NO3. The number of methoxy groups -OCH3 is 2. The smallest absolute Gasteiger partial charge is 0.162 e. The molecule has 112 valence electrons. The van der Waals surface area contributed by atoms with Crippen molar-refractivity contribution in [3.05, 3.63) is 53.6 Å². The molecule has 1 atom stereocenters. The molecule has 21 heavy (non-hydrogen) atoms. The van der Waals surface area contributed by atoms with E-state index in [1.165, 1.54) is 0 Å². The molecule has 0 saturated carbocycles. The lowest BCUT2D eigenvalue weighted by atomic mass is 10.1. The predicted octanol–water partition coefficient (Wildman–Crippen LogP) is 3.26. The highest BCUT2D eigenvalue weighted by Crippen LogP contribution is 2.29. The Morgan fingerprint density at radius 3 is 2.57 bits per heavy atom. The molecule has 0 aliphatic heterocycles. The third kappa shape index (κ3) is 3.67. The number of ether oxygens (including phenoxy) is 2. The average molecular weight is 287 g/mol. The van der Waals surface area contributed by atoms with Crippen LogP contribution >= 0.6 is 0 Å². The van der Waals surface area contributed by atoms with Crippen LogP contribution in [0.25, 0.3) is 0 Å². The molecule has 2 rings (SSSR count). The van der Waals surface area contributed by atoms with Gasteiger partial charge >= 0.3 is 0 Å². The van der Waals surface area contributed by atoms with Gasteiger partial charge in [-0.3, -0.25) is 0 Å². The molecule has 0 saturated heterocycles. The number of rotatable bonds is 6. The van der Waals surface area contributed by atoms with E-state index in [1.807, 2.05) is 36.4 Å². The lowest BCUT2D eigenvalue weighted by Crippen LogP contribution is -2.18. The SMILES string of the molecule is COc1cccc([C@H](C)NCc2cccc(OC)c2O)c1. The first kappa shape index (κ1) is 15.2. The van der Waals surface area contributed by atoms with Crippen molar-refractivity contribution in [3.8, 4) is 17.2 Å². The molecular weight excluding hydrogens is 266 g/mol. The highest BCUT2D eigenvalue weighted by Gasteiger charge is 2.10. The molecule has 0 aliphatic rings. The topological polar surface area (TPSA) is 50.7 Å². The summed E-state index contributed by atoms with van der Waals surface area (Å²) in [5.74, 6) is 1.51. The van der Waals surface area contributed by atoms with Crippen LogP contribution in [0.4, 0.5) is 0 Å². The van der Waals surface area contributed by atoms with Gasteiger partial charge in [0.15, 0.2) is 11.5 Å². The summed E-state index contributed by atoms with van der Waals surface area (Å²) in [5.41, 5.74) is 1.95. The fourth-order valence-electron chi connectivity index (χ4n) is 2.17. The van der Waals surface area contributed by atoms with E-state index in [2.05, 4.69) is 12.2 Å². The van der Waals surface area contributed by atoms with Gasteiger partial charge in [0.2, 0.25) is 0 Å². The standard InChI is InChI=1S/C17H21NO3/c1-12(13-6-4-8-15(10-13)20-2)18-11-14-7-5-9-16(21-3)17(14)19/h4-10,12,18-19H,11H2,1-3H3/t12-/m0/s1. The van der Waals surface area contributed by atoms with Crippen molar-refractivity contribution in [1.82, 2.24) is 5.32 Å². The van der Waals surface area contributed by atoms with E-state index in [1.54, 1.807) is 20.3 Å². The van der Waals surface area contributed by atoms with Gasteiger partial charge in [0.05, 0.1) is 14.2 Å². The van der Waals surface area contributed by atoms with Crippen LogP contribution in [0.5, 0.6) is 17.2 Å². The molecule has 0 unspecified atom stereocenters. The van der Waals surface area contributed by atoms with E-state index < -0.39 is 0 Å². The molecule has 0 spiro atoms. The second-order valence-electron chi connectivity index (χ2n) is 4.85. The number of nitrogens with one attached hydrogen (secondary N) is 1. The van der Waals surface area contributed by atoms with E-state index in [9.17, 15) is 5.11 Å². The number of para-hydroxylation sites is 1. The molecule has 0 aliphatic carbocycles. The highest BCUT2D eigenvalue weighted by molar-refractivity contribution is 5.45. The van der Waals surface area contributed by atoms with E-state index in [0.717, 1.165) is 16.9 Å². The van der Waals surface area contributed by atoms with Gasteiger partial charge in [-0.05, 0) is 30.7 Å². The maximum absolute atomic E-state index is 10.1. The first-order valence-corrected chi connectivity index (χ1v) is 6.88. The Kier molecular flexibility index (Phi) is 5.06. The van der Waals surface area contributed by atoms with Crippen LogP contribution in [0.15, 0.2) is 42.5 Å². The summed E-state index contributed by atoms with van der Waals surface area (Å²) in [7, 11) is 3.20. The van der Waals surface area contributed by atoms with Crippen LogP contribution in [0, 0.1) is 0 Å². The Labute approximate surface area is 125 Å². The number of hydrogen-bond acceptors (Lipinski definition) is 4. The number of benzene rings is 2. The van der Waals surface area contributed by atoms with Crippen LogP contribution in [-0.2, 0) is 6.54 Å². The van der Waals surface area contributed by atoms with Crippen molar-refractivity contribution < 1.29 is 14.6 Å². The van der Waals surface area contributed by atoms with Crippen LogP contribution in [0.3, 0.4) is 0 Å². The van der Waals surface area contributed by atoms with Crippen molar-refractivity contribution >= 4 is 0 Å². The van der Waals surface area contributed by atoms with Crippen molar-refractivity contribution in [2.24, 2.45) is 0 Å². The second-order valence-corrected chi connectivity index (χ2v) is 4.85. The predicted molar refractivity (Wildman–Crippen MR) is 82.9 cm³/mol. The largest absolute Gasteiger partial charge is 0.504 e. The van der Waals surface area contributed by atoms with E-state index in [4.69, 9.17) is 9.47 Å². The van der Waals surface area contributed by atoms with Gasteiger partial charge in [0, 0.05) is 18.2 Å². The fourth-order valence-corrected chi connectivity index (χ4v) is 2.17. The van der Waals surface area contributed by atoms with Gasteiger partial charge in [-0.15, -0.1) is 0 Å². The van der Waals surface area contributed by atoms with Crippen molar-refractivity contribution in [2.45, 2.75) is 19.5 Å². The van der Waals surface area contributed by atoms with Gasteiger partial charge in [0.1, 0.15) is 5.75 Å². The van der Waals surface area contributed by atoms with Crippen LogP contribution in [0.1, 0.15) is 24.1 Å². The van der Waals surface area contributed by atoms with Crippen molar-refractivity contribution in [1.29, 1.82) is 0 Å². The third-order valence-corrected chi connectivity index (χ3v) is 3.49. The fraction of sp³-hybridized carbons (Fsp3) is 0.294. The normalized spacial score (nSPS) is 12.0. The summed E-state index contributed by atoms with van der Waals surface area (Å²) in [6.07, 6.45) is 0. The first-order valence-electron chi connectivity index (χ1n) is 6.88. The summed E-state index contributed by atoms with van der Waals surface area (Å²) < 4.78 is 10.3. The van der Waals surface area contributed by atoms with Gasteiger partial charge in [-0.2, -0.15) is 0 Å². The van der Waals surface area contributed by atoms with E-state index in [-0.39, 0.29) is 11.8 Å². The summed E-state index contributed by atoms with van der Waals surface area (Å²) >= 11 is 0. The van der Waals surface area contributed by atoms with Crippen LogP contribution < -0.4 is 14.8 Å². The van der Waals surface area contributed by atoms with Crippen molar-refractivity contribution in [3.63, 3.8) is 0 Å². The summed E-state index contributed by atoms with van der Waals surface area (Å²) in [6, 6.07) is 13.6. The first-order chi connectivity index (χ1) is 10.2. The number of hydrogen-bond donors (Lipinski definition) is 2. The minimum Gasteiger partial charge on any atom is -0.504 e. The molecule has 0 aromatic heterocycles. The molecule has 0 bridgehead atoms. The van der Waals surface area contributed by atoms with Crippen LogP contribution in [-0.4, -0.2) is 19.3 Å². The Balaban J connectivity index is 2.05. The zero-order valence-corrected chi connectivity index (χ0v) is 12.6. The molecule has 0 amide bonds. The lowest BCUT2D eigenvalue weighted by Gasteiger charge is -2.16. The van der Waals surface area contributed by atoms with Gasteiger partial charge in [-0.25, -0.2) is 0 Å². The molecule has 4 nitrogen and oxygen atoms in total. The quantitative estimate of drug-likeness (QED) is 0.856. The van der Waals surface area contributed by atoms with Crippen LogP contribution in [0.2, 0.25) is 0 Å². The maximum Gasteiger partial charge on any atom is 0.162 e. The molecule has 0 radical (unpaired) electrons. The Hall–Kier alpha value is -2.20. The third-order valence-electron chi connectivity index (χ3n) is 3.49. The Bertz CT molecular complexity index is 598. The average Bonchev–Trinajstić information content (AvgIpc) is 2.53. The van der Waals surface area contributed by atoms with Crippen molar-refractivity contribution in [2.75, 3.05) is 14.2 Å². The molecule has 4 heteroatoms. The van der Waals surface area contributed by atoms with Gasteiger partial charge in [0.25, 0.3) is 0 Å². The zero-order valence-electron chi connectivity index (χ0n) is 12.6. The Morgan fingerprint density at radius 1 is 1.10 bits per heavy atom. The Morgan fingerprint density at radius 2 is 1.86 bits per heavy atom. The molecule has 2 N–H and O–H groups in total. The number of aromatic hydroxyl groups is 1. The van der Waals surface area contributed by atoms with E-state index in [0.29, 0.717) is 12.3 Å². The number of phenols is 1. The minimum atomic E-state index is 0.144. The summed E-state index contributed by atoms with van der Waals surface area (Å²) in [4.78, 5) is 0. The zero-order chi connectivity index (χ0) is 15.2. The maximum atomic E-state index is 10.1. The van der Waals surface area contributed by atoms with Gasteiger partial charge < -0.3 is 19.9 Å². The van der Waals surface area contributed by atoms with E-state index >= 15 is 0 Å². The summed E-state index contributed by atoms with van der Waals surface area (Å²) in [6.45, 7) is 2.63. The monoisotopic (exact) mass is 287 g/mol. The molecule has 0 heterocycles. The molecule has 0 fully saturated rings.